The van der Waals surface area contributed by atoms with Crippen LogP contribution in [-0.2, 0) is 0 Å². The molecule has 20 heavy (non-hydrogen) atoms. The Morgan fingerprint density at radius 3 is 2.00 bits per heavy atom. The van der Waals surface area contributed by atoms with Gasteiger partial charge in [0.2, 0.25) is 0 Å². The molecular weight excluding hydrogens is 244 g/mol. The molecule has 1 heterocycles. The molecule has 2 rings (SSSR count). The van der Waals surface area contributed by atoms with E-state index in [9.17, 15) is 0 Å². The van der Waals surface area contributed by atoms with Crippen LogP contribution in [0.15, 0.2) is 0 Å². The molecule has 1 saturated carbocycles. The number of nitrogens with one attached hydrogen (secondary N) is 1. The minimum absolute atomic E-state index is 0.296. The quantitative estimate of drug-likeness (QED) is 0.835. The summed E-state index contributed by atoms with van der Waals surface area (Å²) in [6.07, 6.45) is 11.3. The van der Waals surface area contributed by atoms with Crippen LogP contribution in [0.1, 0.15) is 72.1 Å². The number of likely N-dealkylation sites (N-methyl/N-ethyl adjacent to an activating group) is 1. The first-order valence-electron chi connectivity index (χ1n) is 8.98. The van der Waals surface area contributed by atoms with Gasteiger partial charge in [0.15, 0.2) is 0 Å². The van der Waals surface area contributed by atoms with Gasteiger partial charge < -0.3 is 5.32 Å². The second-order valence-corrected chi connectivity index (χ2v) is 7.84. The first kappa shape index (κ1) is 16.3. The molecule has 0 radical (unpaired) electrons. The van der Waals surface area contributed by atoms with Crippen LogP contribution in [0.25, 0.3) is 0 Å². The second kappa shape index (κ2) is 7.26. The zero-order valence-corrected chi connectivity index (χ0v) is 14.3. The standard InChI is InChI=1S/C18H36N2/c1-15-9-11-16(12-10-15)17(19-4)18(2,3)20-13-7-5-6-8-14-20/h15-17,19H,5-14H2,1-4H3. The maximum atomic E-state index is 3.70. The number of likely N-dealkylation sites (tertiary alicyclic amines) is 1. The highest BCUT2D eigenvalue weighted by molar-refractivity contribution is 4.98. The Morgan fingerprint density at radius 1 is 0.950 bits per heavy atom. The summed E-state index contributed by atoms with van der Waals surface area (Å²) in [5.74, 6) is 1.82. The fourth-order valence-electron chi connectivity index (χ4n) is 4.63. The Kier molecular flexibility index (Phi) is 5.92. The van der Waals surface area contributed by atoms with Crippen LogP contribution in [0, 0.1) is 11.8 Å². The minimum Gasteiger partial charge on any atom is -0.315 e. The van der Waals surface area contributed by atoms with Crippen molar-refractivity contribution in [3.05, 3.63) is 0 Å². The van der Waals surface area contributed by atoms with Gasteiger partial charge in [-0.1, -0.05) is 32.6 Å². The van der Waals surface area contributed by atoms with Gasteiger partial charge in [-0.15, -0.1) is 0 Å². The van der Waals surface area contributed by atoms with E-state index in [1.54, 1.807) is 0 Å². The Balaban J connectivity index is 2.03. The summed E-state index contributed by atoms with van der Waals surface area (Å²) in [5.41, 5.74) is 0.296. The van der Waals surface area contributed by atoms with Gasteiger partial charge in [0.1, 0.15) is 0 Å². The van der Waals surface area contributed by atoms with Crippen molar-refractivity contribution in [1.82, 2.24) is 10.2 Å². The highest BCUT2D eigenvalue weighted by Crippen LogP contribution is 2.36. The number of rotatable bonds is 4. The molecule has 2 fully saturated rings. The fraction of sp³-hybridized carbons (Fsp3) is 1.00. The summed E-state index contributed by atoms with van der Waals surface area (Å²) in [4.78, 5) is 2.78. The molecule has 0 amide bonds. The largest absolute Gasteiger partial charge is 0.315 e. The summed E-state index contributed by atoms with van der Waals surface area (Å²) >= 11 is 0. The monoisotopic (exact) mass is 280 g/mol. The Hall–Kier alpha value is -0.0800. The van der Waals surface area contributed by atoms with Gasteiger partial charge >= 0.3 is 0 Å². The third kappa shape index (κ3) is 3.76. The lowest BCUT2D eigenvalue weighted by molar-refractivity contribution is 0.0484. The van der Waals surface area contributed by atoms with E-state index >= 15 is 0 Å². The molecule has 0 spiro atoms. The van der Waals surface area contributed by atoms with E-state index in [-0.39, 0.29) is 0 Å². The van der Waals surface area contributed by atoms with Crippen LogP contribution < -0.4 is 5.32 Å². The molecule has 1 aliphatic heterocycles. The van der Waals surface area contributed by atoms with Gasteiger partial charge in [0.25, 0.3) is 0 Å². The van der Waals surface area contributed by atoms with E-state index in [1.807, 2.05) is 0 Å². The summed E-state index contributed by atoms with van der Waals surface area (Å²) < 4.78 is 0. The lowest BCUT2D eigenvalue weighted by Crippen LogP contribution is -2.60. The third-order valence-corrected chi connectivity index (χ3v) is 6.03. The van der Waals surface area contributed by atoms with E-state index < -0.39 is 0 Å². The minimum atomic E-state index is 0.296. The average Bonchev–Trinajstić information content (AvgIpc) is 2.71. The van der Waals surface area contributed by atoms with Crippen molar-refractivity contribution in [2.45, 2.75) is 83.7 Å². The fourth-order valence-corrected chi connectivity index (χ4v) is 4.63. The van der Waals surface area contributed by atoms with Crippen molar-refractivity contribution in [3.8, 4) is 0 Å². The summed E-state index contributed by atoms with van der Waals surface area (Å²) in [6.45, 7) is 9.99. The predicted octanol–water partition coefficient (Wildman–Crippen LogP) is 4.06. The summed E-state index contributed by atoms with van der Waals surface area (Å²) in [7, 11) is 2.18. The second-order valence-electron chi connectivity index (χ2n) is 7.84. The molecule has 0 aromatic carbocycles. The maximum Gasteiger partial charge on any atom is 0.0308 e. The Bertz CT molecular complexity index is 271. The van der Waals surface area contributed by atoms with Gasteiger partial charge in [-0.25, -0.2) is 0 Å². The molecule has 1 unspecified atom stereocenters. The zero-order chi connectivity index (χ0) is 14.6. The van der Waals surface area contributed by atoms with Crippen molar-refractivity contribution < 1.29 is 0 Å². The van der Waals surface area contributed by atoms with Crippen LogP contribution in [-0.4, -0.2) is 36.6 Å². The smallest absolute Gasteiger partial charge is 0.0308 e. The summed E-state index contributed by atoms with van der Waals surface area (Å²) in [6, 6.07) is 0.646. The van der Waals surface area contributed by atoms with Gasteiger partial charge in [-0.3, -0.25) is 4.90 Å². The number of nitrogens with zero attached hydrogens (tertiary/aromatic N) is 1. The molecule has 2 nitrogen and oxygen atoms in total. The molecule has 1 aliphatic carbocycles. The lowest BCUT2D eigenvalue weighted by Gasteiger charge is -2.48. The molecule has 0 aromatic rings. The van der Waals surface area contributed by atoms with E-state index in [0.717, 1.165) is 11.8 Å². The topological polar surface area (TPSA) is 15.3 Å². The molecular formula is C18H36N2. The van der Waals surface area contributed by atoms with Crippen molar-refractivity contribution in [2.75, 3.05) is 20.1 Å². The summed E-state index contributed by atoms with van der Waals surface area (Å²) in [5, 5.41) is 3.70. The van der Waals surface area contributed by atoms with Gasteiger partial charge in [-0.05, 0) is 71.5 Å². The average molecular weight is 280 g/mol. The van der Waals surface area contributed by atoms with E-state index in [4.69, 9.17) is 0 Å². The molecule has 1 atom stereocenters. The van der Waals surface area contributed by atoms with E-state index in [0.29, 0.717) is 11.6 Å². The van der Waals surface area contributed by atoms with Crippen molar-refractivity contribution in [1.29, 1.82) is 0 Å². The zero-order valence-electron chi connectivity index (χ0n) is 14.3. The Morgan fingerprint density at radius 2 is 1.50 bits per heavy atom. The highest BCUT2D eigenvalue weighted by atomic mass is 15.2. The van der Waals surface area contributed by atoms with Crippen LogP contribution in [0.5, 0.6) is 0 Å². The van der Waals surface area contributed by atoms with Crippen LogP contribution >= 0.6 is 0 Å². The number of hydrogen-bond donors (Lipinski definition) is 1. The van der Waals surface area contributed by atoms with Gasteiger partial charge in [0, 0.05) is 11.6 Å². The molecule has 118 valence electrons. The Labute approximate surface area is 126 Å². The highest BCUT2D eigenvalue weighted by Gasteiger charge is 2.39. The lowest BCUT2D eigenvalue weighted by atomic mass is 9.73. The maximum absolute atomic E-state index is 3.70. The first-order valence-corrected chi connectivity index (χ1v) is 8.98. The first-order chi connectivity index (χ1) is 9.55. The van der Waals surface area contributed by atoms with Crippen molar-refractivity contribution in [3.63, 3.8) is 0 Å². The number of hydrogen-bond acceptors (Lipinski definition) is 2. The molecule has 0 bridgehead atoms. The normalized spacial score (nSPS) is 31.8. The molecule has 0 aromatic heterocycles. The molecule has 2 aliphatic rings. The van der Waals surface area contributed by atoms with E-state index in [1.165, 1.54) is 64.5 Å². The predicted molar refractivity (Wildman–Crippen MR) is 88.1 cm³/mol. The van der Waals surface area contributed by atoms with Crippen LogP contribution in [0.3, 0.4) is 0 Å². The molecule has 2 heteroatoms. The van der Waals surface area contributed by atoms with Crippen molar-refractivity contribution in [2.24, 2.45) is 11.8 Å². The van der Waals surface area contributed by atoms with Crippen molar-refractivity contribution >= 4 is 0 Å². The molecule has 1 N–H and O–H groups in total. The van der Waals surface area contributed by atoms with Gasteiger partial charge in [0.05, 0.1) is 0 Å². The van der Waals surface area contributed by atoms with Crippen LogP contribution in [0.4, 0.5) is 0 Å². The SMILES string of the molecule is CNC(C1CCC(C)CC1)C(C)(C)N1CCCCCC1. The van der Waals surface area contributed by atoms with E-state index in [2.05, 4.69) is 38.0 Å². The van der Waals surface area contributed by atoms with Crippen LogP contribution in [0.2, 0.25) is 0 Å². The van der Waals surface area contributed by atoms with Gasteiger partial charge in [-0.2, -0.15) is 0 Å². The molecule has 1 saturated heterocycles. The third-order valence-electron chi connectivity index (χ3n) is 6.03.